The minimum Gasteiger partial charge on any atom is -0.444 e. The van der Waals surface area contributed by atoms with E-state index in [9.17, 15) is 14.7 Å². The number of hydrogen-bond donors (Lipinski definition) is 1. The molecule has 5 heteroatoms. The van der Waals surface area contributed by atoms with Gasteiger partial charge in [-0.2, -0.15) is 0 Å². The van der Waals surface area contributed by atoms with Gasteiger partial charge in [0.05, 0.1) is 6.61 Å². The fraction of sp³-hybridized carbons (Fsp3) is 0.529. The topological polar surface area (TPSA) is 66.8 Å². The Morgan fingerprint density at radius 1 is 1.18 bits per heavy atom. The third-order valence-corrected chi connectivity index (χ3v) is 2.68. The van der Waals surface area contributed by atoms with E-state index in [1.807, 2.05) is 13.8 Å². The van der Waals surface area contributed by atoms with E-state index in [0.717, 1.165) is 4.90 Å². The van der Waals surface area contributed by atoms with Gasteiger partial charge in [-0.1, -0.05) is 44.2 Å². The molecule has 0 bridgehead atoms. The number of aliphatic hydroxyl groups is 1. The standard InChI is InChI=1S/C15H21NO4.C2H6/c1-15(2,3)20-14(19)16(4)12(10-17)13(18)11-8-6-5-7-9-11;1-2/h5-9,12,17H,10H2,1-4H3;1-2H3. The second-order valence-electron chi connectivity index (χ2n) is 5.52. The first-order valence-corrected chi connectivity index (χ1v) is 7.42. The van der Waals surface area contributed by atoms with Crippen LogP contribution in [0.1, 0.15) is 45.0 Å². The summed E-state index contributed by atoms with van der Waals surface area (Å²) in [7, 11) is 1.44. The van der Waals surface area contributed by atoms with Crippen LogP contribution < -0.4 is 0 Å². The van der Waals surface area contributed by atoms with Crippen molar-refractivity contribution in [2.75, 3.05) is 13.7 Å². The number of ether oxygens (including phenoxy) is 1. The Kier molecular flexibility index (Phi) is 8.42. The van der Waals surface area contributed by atoms with E-state index in [4.69, 9.17) is 4.74 Å². The molecule has 0 radical (unpaired) electrons. The predicted molar refractivity (Wildman–Crippen MR) is 87.0 cm³/mol. The molecule has 22 heavy (non-hydrogen) atoms. The lowest BCUT2D eigenvalue weighted by molar-refractivity contribution is 0.0164. The SMILES string of the molecule is CC.CN(C(=O)OC(C)(C)C)C(CO)C(=O)c1ccccc1. The molecule has 1 aromatic carbocycles. The zero-order valence-electron chi connectivity index (χ0n) is 14.3. The molecule has 0 saturated heterocycles. The summed E-state index contributed by atoms with van der Waals surface area (Å²) in [5, 5.41) is 9.41. The first kappa shape index (κ1) is 20.1. The summed E-state index contributed by atoms with van der Waals surface area (Å²) in [4.78, 5) is 25.3. The first-order chi connectivity index (χ1) is 10.3. The number of ketones is 1. The van der Waals surface area contributed by atoms with E-state index in [1.54, 1.807) is 51.1 Å². The zero-order chi connectivity index (χ0) is 17.3. The molecule has 0 spiro atoms. The number of benzene rings is 1. The molecule has 0 aliphatic carbocycles. The second-order valence-corrected chi connectivity index (χ2v) is 5.52. The van der Waals surface area contributed by atoms with Crippen LogP contribution in [0, 0.1) is 0 Å². The maximum atomic E-state index is 12.3. The Morgan fingerprint density at radius 2 is 1.68 bits per heavy atom. The summed E-state index contributed by atoms with van der Waals surface area (Å²) >= 11 is 0. The molecule has 1 amide bonds. The van der Waals surface area contributed by atoms with Gasteiger partial charge >= 0.3 is 6.09 Å². The van der Waals surface area contributed by atoms with Gasteiger partial charge in [0.2, 0.25) is 0 Å². The molecule has 0 aliphatic rings. The van der Waals surface area contributed by atoms with Crippen molar-refractivity contribution in [3.8, 4) is 0 Å². The van der Waals surface area contributed by atoms with E-state index < -0.39 is 24.3 Å². The minimum atomic E-state index is -0.952. The summed E-state index contributed by atoms with van der Waals surface area (Å²) < 4.78 is 5.19. The van der Waals surface area contributed by atoms with Crippen LogP contribution >= 0.6 is 0 Å². The van der Waals surface area contributed by atoms with Gasteiger partial charge in [-0.15, -0.1) is 0 Å². The Hall–Kier alpha value is -1.88. The lowest BCUT2D eigenvalue weighted by atomic mass is 10.0. The lowest BCUT2D eigenvalue weighted by Crippen LogP contribution is -2.46. The largest absolute Gasteiger partial charge is 0.444 e. The van der Waals surface area contributed by atoms with Crippen molar-refractivity contribution in [1.82, 2.24) is 4.90 Å². The maximum absolute atomic E-state index is 12.3. The van der Waals surface area contributed by atoms with E-state index in [1.165, 1.54) is 7.05 Å². The number of rotatable bonds is 4. The average Bonchev–Trinajstić information content (AvgIpc) is 2.49. The van der Waals surface area contributed by atoms with Crippen LogP contribution in [0.4, 0.5) is 4.79 Å². The molecule has 0 heterocycles. The number of carbonyl (C=O) groups excluding carboxylic acids is 2. The van der Waals surface area contributed by atoms with Crippen LogP contribution in [-0.4, -0.2) is 47.2 Å². The summed E-state index contributed by atoms with van der Waals surface area (Å²) in [6.07, 6.45) is -0.638. The molecule has 0 saturated carbocycles. The fourth-order valence-electron chi connectivity index (χ4n) is 1.64. The normalized spacial score (nSPS) is 11.8. The van der Waals surface area contributed by atoms with Crippen molar-refractivity contribution < 1.29 is 19.4 Å². The molecule has 1 N–H and O–H groups in total. The molecule has 0 fully saturated rings. The Labute approximate surface area is 132 Å². The molecule has 0 aliphatic heterocycles. The van der Waals surface area contributed by atoms with Crippen LogP contribution in [0.3, 0.4) is 0 Å². The fourth-order valence-corrected chi connectivity index (χ4v) is 1.64. The molecule has 1 atom stereocenters. The highest BCUT2D eigenvalue weighted by Gasteiger charge is 2.30. The molecular weight excluding hydrogens is 282 g/mol. The summed E-state index contributed by atoms with van der Waals surface area (Å²) in [5.74, 6) is -0.318. The van der Waals surface area contributed by atoms with E-state index in [0.29, 0.717) is 5.56 Å². The van der Waals surface area contributed by atoms with Gasteiger partial charge in [-0.25, -0.2) is 4.79 Å². The molecule has 124 valence electrons. The summed E-state index contributed by atoms with van der Waals surface area (Å²) in [6, 6.07) is 7.60. The number of amides is 1. The van der Waals surface area contributed by atoms with Gasteiger partial charge in [0.25, 0.3) is 0 Å². The lowest BCUT2D eigenvalue weighted by Gasteiger charge is -2.29. The van der Waals surface area contributed by atoms with Crippen molar-refractivity contribution in [2.45, 2.75) is 46.3 Å². The molecular formula is C17H27NO4. The third-order valence-electron chi connectivity index (χ3n) is 2.68. The van der Waals surface area contributed by atoms with E-state index >= 15 is 0 Å². The molecule has 1 unspecified atom stereocenters. The molecule has 1 rings (SSSR count). The molecule has 1 aromatic rings. The van der Waals surface area contributed by atoms with Crippen molar-refractivity contribution in [3.05, 3.63) is 35.9 Å². The van der Waals surface area contributed by atoms with Gasteiger partial charge < -0.3 is 9.84 Å². The van der Waals surface area contributed by atoms with Gasteiger partial charge in [0, 0.05) is 12.6 Å². The smallest absolute Gasteiger partial charge is 0.410 e. The predicted octanol–water partition coefficient (Wildman–Crippen LogP) is 3.12. The monoisotopic (exact) mass is 309 g/mol. The number of aliphatic hydroxyl groups excluding tert-OH is 1. The Bertz CT molecular complexity index is 465. The van der Waals surface area contributed by atoms with Gasteiger partial charge in [-0.3, -0.25) is 9.69 Å². The van der Waals surface area contributed by atoms with E-state index in [2.05, 4.69) is 0 Å². The maximum Gasteiger partial charge on any atom is 0.410 e. The quantitative estimate of drug-likeness (QED) is 0.868. The number of nitrogens with zero attached hydrogens (tertiary/aromatic N) is 1. The Balaban J connectivity index is 0.00000211. The first-order valence-electron chi connectivity index (χ1n) is 7.42. The number of carbonyl (C=O) groups is 2. The van der Waals surface area contributed by atoms with Gasteiger partial charge in [-0.05, 0) is 20.8 Å². The van der Waals surface area contributed by atoms with Crippen LogP contribution in [0.5, 0.6) is 0 Å². The third kappa shape index (κ3) is 6.26. The van der Waals surface area contributed by atoms with Gasteiger partial charge in [0.1, 0.15) is 11.6 Å². The van der Waals surface area contributed by atoms with Crippen molar-refractivity contribution in [1.29, 1.82) is 0 Å². The van der Waals surface area contributed by atoms with Crippen molar-refractivity contribution >= 4 is 11.9 Å². The van der Waals surface area contributed by atoms with Crippen LogP contribution in [0.25, 0.3) is 0 Å². The zero-order valence-corrected chi connectivity index (χ0v) is 14.3. The highest BCUT2D eigenvalue weighted by atomic mass is 16.6. The number of hydrogen-bond acceptors (Lipinski definition) is 4. The number of likely N-dealkylation sites (N-methyl/N-ethyl adjacent to an activating group) is 1. The average molecular weight is 309 g/mol. The number of Topliss-reactive ketones (excluding diaryl/α,β-unsaturated/α-hetero) is 1. The van der Waals surface area contributed by atoms with Gasteiger partial charge in [0.15, 0.2) is 5.78 Å². The highest BCUT2D eigenvalue weighted by Crippen LogP contribution is 2.13. The summed E-state index contributed by atoms with van der Waals surface area (Å²) in [6.45, 7) is 8.77. The summed E-state index contributed by atoms with van der Waals surface area (Å²) in [5.41, 5.74) is -0.205. The van der Waals surface area contributed by atoms with Crippen LogP contribution in [-0.2, 0) is 4.74 Å². The van der Waals surface area contributed by atoms with Crippen molar-refractivity contribution in [3.63, 3.8) is 0 Å². The van der Waals surface area contributed by atoms with Crippen LogP contribution in [0.15, 0.2) is 30.3 Å². The Morgan fingerprint density at radius 3 is 2.09 bits per heavy atom. The second kappa shape index (κ2) is 9.20. The van der Waals surface area contributed by atoms with Crippen LogP contribution in [0.2, 0.25) is 0 Å². The van der Waals surface area contributed by atoms with E-state index in [-0.39, 0.29) is 5.78 Å². The highest BCUT2D eigenvalue weighted by molar-refractivity contribution is 6.01. The minimum absolute atomic E-state index is 0.318. The van der Waals surface area contributed by atoms with Crippen molar-refractivity contribution in [2.24, 2.45) is 0 Å². The molecule has 5 nitrogen and oxygen atoms in total. The molecule has 0 aromatic heterocycles.